The normalized spacial score (nSPS) is 17.5. The number of carboxylic acid groups (broad SMARTS) is 1. The minimum Gasteiger partial charge on any atom is -0.493 e. The molecule has 49 heavy (non-hydrogen) atoms. The molecule has 0 spiro atoms. The predicted molar refractivity (Wildman–Crippen MR) is 185 cm³/mol. The van der Waals surface area contributed by atoms with Gasteiger partial charge in [0.2, 0.25) is 5.91 Å². The molecule has 0 radical (unpaired) electrons. The summed E-state index contributed by atoms with van der Waals surface area (Å²) >= 11 is 6.33. The minimum atomic E-state index is -1.04. The molecular formula is C37H39ClN6O5. The van der Waals surface area contributed by atoms with E-state index < -0.39 is 17.6 Å². The highest BCUT2D eigenvalue weighted by Crippen LogP contribution is 2.43. The number of fused-ring (bicyclic) bond motifs is 1. The summed E-state index contributed by atoms with van der Waals surface area (Å²) in [5.41, 5.74) is 2.91. The number of hydrogen-bond donors (Lipinski definition) is 2. The summed E-state index contributed by atoms with van der Waals surface area (Å²) < 4.78 is 7.89. The number of nitrogens with zero attached hydrogens (tertiary/aromatic N) is 5. The van der Waals surface area contributed by atoms with Crippen molar-refractivity contribution in [3.05, 3.63) is 106 Å². The number of aromatic nitrogens is 4. The Bertz CT molecular complexity index is 1850. The van der Waals surface area contributed by atoms with E-state index in [4.69, 9.17) is 16.3 Å². The van der Waals surface area contributed by atoms with Gasteiger partial charge in [-0.15, -0.1) is 5.10 Å². The van der Waals surface area contributed by atoms with E-state index in [1.807, 2.05) is 32.0 Å². The number of rotatable bonds is 11. The topological polar surface area (TPSA) is 140 Å². The Kier molecular flexibility index (Phi) is 10.2. The van der Waals surface area contributed by atoms with E-state index in [9.17, 15) is 19.5 Å². The lowest BCUT2D eigenvalue weighted by Gasteiger charge is -2.48. The van der Waals surface area contributed by atoms with Gasteiger partial charge < -0.3 is 20.1 Å². The Balaban J connectivity index is 1.34. The fourth-order valence-corrected chi connectivity index (χ4v) is 7.04. The quantitative estimate of drug-likeness (QED) is 0.196. The van der Waals surface area contributed by atoms with Gasteiger partial charge in [-0.3, -0.25) is 9.59 Å². The second kappa shape index (κ2) is 14.7. The molecule has 4 aromatic rings. The van der Waals surface area contributed by atoms with Gasteiger partial charge in [0.15, 0.2) is 5.78 Å². The second-order valence-electron chi connectivity index (χ2n) is 13.2. The molecule has 1 saturated heterocycles. The molecule has 1 aromatic heterocycles. The summed E-state index contributed by atoms with van der Waals surface area (Å²) in [6.45, 7) is 6.54. The van der Waals surface area contributed by atoms with E-state index in [2.05, 4.69) is 20.8 Å². The van der Waals surface area contributed by atoms with Crippen molar-refractivity contribution in [2.24, 2.45) is 5.92 Å². The number of amides is 1. The Morgan fingerprint density at radius 2 is 1.86 bits per heavy atom. The fraction of sp³-hybridized carbons (Fsp3) is 0.351. The van der Waals surface area contributed by atoms with Crippen molar-refractivity contribution < 1.29 is 24.2 Å². The summed E-state index contributed by atoms with van der Waals surface area (Å²) in [7, 11) is 0. The molecule has 1 fully saturated rings. The third-order valence-electron chi connectivity index (χ3n) is 9.34. The lowest BCUT2D eigenvalue weighted by molar-refractivity contribution is -0.143. The summed E-state index contributed by atoms with van der Waals surface area (Å²) in [5, 5.41) is 24.7. The van der Waals surface area contributed by atoms with Crippen LogP contribution in [0.25, 0.3) is 11.8 Å². The first-order valence-electron chi connectivity index (χ1n) is 16.5. The number of hydrogen-bond acceptors (Lipinski definition) is 8. The molecule has 1 atom stereocenters. The van der Waals surface area contributed by atoms with Crippen LogP contribution >= 0.6 is 11.6 Å². The number of ether oxygens (including phenoxy) is 1. The van der Waals surface area contributed by atoms with Crippen LogP contribution in [0.4, 0.5) is 0 Å². The van der Waals surface area contributed by atoms with Crippen LogP contribution in [0.15, 0.2) is 73.1 Å². The molecule has 254 valence electrons. The van der Waals surface area contributed by atoms with E-state index in [0.717, 1.165) is 49.2 Å². The molecule has 2 aliphatic heterocycles. The van der Waals surface area contributed by atoms with E-state index in [0.29, 0.717) is 40.8 Å². The van der Waals surface area contributed by atoms with Gasteiger partial charge in [0.1, 0.15) is 18.1 Å². The highest BCUT2D eigenvalue weighted by Gasteiger charge is 2.45. The summed E-state index contributed by atoms with van der Waals surface area (Å²) in [4.78, 5) is 41.8. The molecule has 6 rings (SSSR count). The highest BCUT2D eigenvalue weighted by atomic mass is 35.5. The SMILES string of the molecule is CC1(C)Cc2c(OCCC3CCNCC3)cccc2C(C(=O)Cc2ccc(C(=O)O)cc2)N1C(=O)/C=C/c1cc(Cl)ccc1-n1cnnn1. The van der Waals surface area contributed by atoms with Crippen LogP contribution in [0.1, 0.15) is 71.8 Å². The Labute approximate surface area is 289 Å². The van der Waals surface area contributed by atoms with Crippen molar-refractivity contribution in [2.45, 2.75) is 57.5 Å². The number of aromatic carboxylic acids is 1. The molecule has 3 aromatic carbocycles. The number of halogens is 1. The van der Waals surface area contributed by atoms with E-state index >= 15 is 0 Å². The highest BCUT2D eigenvalue weighted by molar-refractivity contribution is 6.30. The summed E-state index contributed by atoms with van der Waals surface area (Å²) in [5.74, 6) is -0.242. The summed E-state index contributed by atoms with van der Waals surface area (Å²) in [6, 6.07) is 16.2. The minimum absolute atomic E-state index is 0.00607. The van der Waals surface area contributed by atoms with Gasteiger partial charge in [-0.05, 0) is 123 Å². The van der Waals surface area contributed by atoms with E-state index in [1.165, 1.54) is 29.2 Å². The van der Waals surface area contributed by atoms with Crippen molar-refractivity contribution in [1.29, 1.82) is 0 Å². The maximum atomic E-state index is 14.4. The second-order valence-corrected chi connectivity index (χ2v) is 13.6. The first kappa shape index (κ1) is 34.0. The lowest BCUT2D eigenvalue weighted by atomic mass is 9.78. The average Bonchev–Trinajstić information content (AvgIpc) is 3.62. The molecule has 11 nitrogen and oxygen atoms in total. The standard InChI is InChI=1S/C37H39ClN6O5/c1-37(2)22-30-29(4-3-5-33(30)49-19-16-24-14-17-39-18-15-24)35(32(45)20-25-6-8-26(9-7-25)36(47)48)44(37)34(46)13-10-27-21-28(38)11-12-31(27)43-23-40-41-42-43/h3-13,21,23-24,35,39H,14-20,22H2,1-2H3,(H,47,48)/b13-10+. The molecule has 3 heterocycles. The van der Waals surface area contributed by atoms with Crippen molar-refractivity contribution in [1.82, 2.24) is 30.4 Å². The number of benzene rings is 3. The zero-order valence-corrected chi connectivity index (χ0v) is 28.3. The first-order chi connectivity index (χ1) is 23.6. The van der Waals surface area contributed by atoms with E-state index in [1.54, 1.807) is 41.3 Å². The molecular weight excluding hydrogens is 644 g/mol. The van der Waals surface area contributed by atoms with Gasteiger partial charge in [0.05, 0.1) is 17.9 Å². The third kappa shape index (κ3) is 7.73. The van der Waals surface area contributed by atoms with Gasteiger partial charge >= 0.3 is 5.97 Å². The van der Waals surface area contributed by atoms with Crippen LogP contribution in [0, 0.1) is 5.92 Å². The molecule has 0 saturated carbocycles. The molecule has 1 amide bonds. The average molecular weight is 683 g/mol. The molecule has 2 aliphatic rings. The zero-order chi connectivity index (χ0) is 34.5. The van der Waals surface area contributed by atoms with Crippen LogP contribution in [0.3, 0.4) is 0 Å². The maximum absolute atomic E-state index is 14.4. The van der Waals surface area contributed by atoms with Gasteiger partial charge in [0.25, 0.3) is 0 Å². The van der Waals surface area contributed by atoms with Crippen molar-refractivity contribution in [2.75, 3.05) is 19.7 Å². The van der Waals surface area contributed by atoms with Crippen LogP contribution < -0.4 is 10.1 Å². The molecule has 12 heteroatoms. The largest absolute Gasteiger partial charge is 0.493 e. The summed E-state index contributed by atoms with van der Waals surface area (Å²) in [6.07, 6.45) is 8.26. The first-order valence-corrected chi connectivity index (χ1v) is 16.8. The van der Waals surface area contributed by atoms with Crippen molar-refractivity contribution >= 4 is 35.3 Å². The number of tetrazole rings is 1. The van der Waals surface area contributed by atoms with Gasteiger partial charge in [-0.25, -0.2) is 4.79 Å². The Morgan fingerprint density at radius 3 is 2.57 bits per heavy atom. The van der Waals surface area contributed by atoms with Crippen molar-refractivity contribution in [3.63, 3.8) is 0 Å². The lowest BCUT2D eigenvalue weighted by Crippen LogP contribution is -2.55. The zero-order valence-electron chi connectivity index (χ0n) is 27.5. The number of Topliss-reactive ketones (excluding diaryl/α,β-unsaturated/α-hetero) is 1. The van der Waals surface area contributed by atoms with Crippen molar-refractivity contribution in [3.8, 4) is 11.4 Å². The fourth-order valence-electron chi connectivity index (χ4n) is 6.86. The Hall–Kier alpha value is -4.87. The van der Waals surface area contributed by atoms with Crippen LogP contribution in [0.2, 0.25) is 5.02 Å². The smallest absolute Gasteiger partial charge is 0.335 e. The monoisotopic (exact) mass is 682 g/mol. The number of carbonyl (C=O) groups excluding carboxylic acids is 2. The number of carboxylic acids is 1. The maximum Gasteiger partial charge on any atom is 0.335 e. The van der Waals surface area contributed by atoms with Gasteiger partial charge in [-0.1, -0.05) is 35.9 Å². The van der Waals surface area contributed by atoms with Crippen LogP contribution in [-0.4, -0.2) is 73.1 Å². The number of ketones is 1. The van der Waals surface area contributed by atoms with Gasteiger partial charge in [0, 0.05) is 34.2 Å². The number of carbonyl (C=O) groups is 3. The Morgan fingerprint density at radius 1 is 1.08 bits per heavy atom. The van der Waals surface area contributed by atoms with Crippen LogP contribution in [-0.2, 0) is 22.4 Å². The van der Waals surface area contributed by atoms with E-state index in [-0.39, 0.29) is 23.7 Å². The molecule has 0 aliphatic carbocycles. The van der Waals surface area contributed by atoms with Crippen LogP contribution in [0.5, 0.6) is 5.75 Å². The molecule has 0 bridgehead atoms. The van der Waals surface area contributed by atoms with Gasteiger partial charge in [-0.2, -0.15) is 4.68 Å². The molecule has 2 N–H and O–H groups in total. The third-order valence-corrected chi connectivity index (χ3v) is 9.57. The predicted octanol–water partition coefficient (Wildman–Crippen LogP) is 5.51. The number of nitrogens with one attached hydrogen (secondary N) is 1. The number of piperidine rings is 1. The molecule has 1 unspecified atom stereocenters.